The summed E-state index contributed by atoms with van der Waals surface area (Å²) in [6.07, 6.45) is 1.65. The van der Waals surface area contributed by atoms with E-state index in [0.29, 0.717) is 4.88 Å². The Morgan fingerprint density at radius 2 is 1.41 bits per heavy atom. The zero-order valence-electron chi connectivity index (χ0n) is 17.4. The van der Waals surface area contributed by atoms with E-state index in [4.69, 9.17) is 9.47 Å². The molecule has 3 rings (SSSR count). The smallest absolute Gasteiger partial charge is 0.263 e. The lowest BCUT2D eigenvalue weighted by molar-refractivity contribution is 0.0947. The van der Waals surface area contributed by atoms with Crippen LogP contribution in [0.3, 0.4) is 0 Å². The fourth-order valence-corrected chi connectivity index (χ4v) is 3.76. The van der Waals surface area contributed by atoms with Crippen molar-refractivity contribution in [1.82, 2.24) is 10.3 Å². The fraction of sp³-hybridized carbons (Fsp3) is 0.304. The van der Waals surface area contributed by atoms with Crippen molar-refractivity contribution in [1.29, 1.82) is 0 Å². The van der Waals surface area contributed by atoms with Crippen molar-refractivity contribution in [2.75, 3.05) is 14.2 Å². The molecular formula is C23H26N2O3S. The van der Waals surface area contributed by atoms with Crippen molar-refractivity contribution in [2.24, 2.45) is 0 Å². The fourth-order valence-electron chi connectivity index (χ4n) is 2.88. The van der Waals surface area contributed by atoms with Gasteiger partial charge in [0.25, 0.3) is 5.91 Å². The predicted molar refractivity (Wildman–Crippen MR) is 116 cm³/mol. The number of carbonyl (C=O) groups excluding carboxylic acids is 1. The molecule has 0 aliphatic carbocycles. The normalized spacial score (nSPS) is 11.4. The van der Waals surface area contributed by atoms with Crippen molar-refractivity contribution in [3.05, 3.63) is 75.7 Å². The molecule has 1 amide bonds. The Kier molecular flexibility index (Phi) is 6.23. The number of aromatic nitrogens is 1. The van der Waals surface area contributed by atoms with E-state index in [1.54, 1.807) is 20.4 Å². The second-order valence-electron chi connectivity index (χ2n) is 7.73. The van der Waals surface area contributed by atoms with Crippen molar-refractivity contribution in [3.8, 4) is 11.5 Å². The molecule has 0 fully saturated rings. The van der Waals surface area contributed by atoms with Crippen LogP contribution in [0, 0.1) is 0 Å². The topological polar surface area (TPSA) is 60.5 Å². The number of carbonyl (C=O) groups is 1. The van der Waals surface area contributed by atoms with Crippen LogP contribution in [0.15, 0.2) is 54.7 Å². The highest BCUT2D eigenvalue weighted by Gasteiger charge is 2.23. The number of hydrogen-bond donors (Lipinski definition) is 1. The molecular weight excluding hydrogens is 384 g/mol. The molecule has 0 bridgehead atoms. The van der Waals surface area contributed by atoms with Crippen LogP contribution in [0.5, 0.6) is 11.5 Å². The van der Waals surface area contributed by atoms with Gasteiger partial charge >= 0.3 is 0 Å². The summed E-state index contributed by atoms with van der Waals surface area (Å²) in [6.45, 7) is 6.26. The number of nitrogens with one attached hydrogen (secondary N) is 1. The van der Waals surface area contributed by atoms with Gasteiger partial charge < -0.3 is 14.8 Å². The summed E-state index contributed by atoms with van der Waals surface area (Å²) < 4.78 is 10.5. The number of amides is 1. The van der Waals surface area contributed by atoms with Gasteiger partial charge in [-0.1, -0.05) is 45.0 Å². The lowest BCUT2D eigenvalue weighted by atomic mass is 9.98. The number of benzene rings is 2. The van der Waals surface area contributed by atoms with Gasteiger partial charge in [-0.2, -0.15) is 0 Å². The van der Waals surface area contributed by atoms with E-state index in [0.717, 1.165) is 27.6 Å². The van der Waals surface area contributed by atoms with E-state index in [2.05, 4.69) is 31.1 Å². The molecule has 2 aromatic carbocycles. The molecule has 0 saturated carbocycles. The van der Waals surface area contributed by atoms with Gasteiger partial charge in [0.2, 0.25) is 0 Å². The van der Waals surface area contributed by atoms with Crippen molar-refractivity contribution >= 4 is 17.2 Å². The van der Waals surface area contributed by atoms with Crippen LogP contribution in [0.2, 0.25) is 0 Å². The minimum absolute atomic E-state index is 0.0887. The molecule has 3 aromatic rings. The number of rotatable bonds is 6. The highest BCUT2D eigenvalue weighted by Crippen LogP contribution is 2.29. The van der Waals surface area contributed by atoms with Gasteiger partial charge in [0.15, 0.2) is 0 Å². The average Bonchev–Trinajstić information content (AvgIpc) is 3.23. The number of ether oxygens (including phenoxy) is 2. The number of hydrogen-bond acceptors (Lipinski definition) is 5. The van der Waals surface area contributed by atoms with E-state index in [1.165, 1.54) is 11.3 Å². The zero-order valence-corrected chi connectivity index (χ0v) is 18.2. The minimum atomic E-state index is -0.306. The summed E-state index contributed by atoms with van der Waals surface area (Å²) in [5, 5.41) is 4.09. The first-order valence-corrected chi connectivity index (χ1v) is 10.2. The molecule has 0 aliphatic rings. The zero-order chi connectivity index (χ0) is 21.0. The number of nitrogens with zero attached hydrogens (tertiary/aromatic N) is 1. The van der Waals surface area contributed by atoms with Gasteiger partial charge in [0, 0.05) is 5.41 Å². The molecule has 0 spiro atoms. The maximum atomic E-state index is 13.0. The van der Waals surface area contributed by atoms with Gasteiger partial charge in [-0.25, -0.2) is 4.98 Å². The lowest BCUT2D eigenvalue weighted by Gasteiger charge is -2.20. The highest BCUT2D eigenvalue weighted by atomic mass is 32.1. The van der Waals surface area contributed by atoms with Crippen molar-refractivity contribution in [2.45, 2.75) is 32.2 Å². The van der Waals surface area contributed by atoms with Gasteiger partial charge in [0.05, 0.1) is 31.5 Å². The summed E-state index contributed by atoms with van der Waals surface area (Å²) in [5.74, 6) is 1.39. The van der Waals surface area contributed by atoms with E-state index in [-0.39, 0.29) is 17.4 Å². The average molecular weight is 411 g/mol. The molecule has 6 heteroatoms. The second-order valence-corrected chi connectivity index (χ2v) is 8.76. The molecule has 29 heavy (non-hydrogen) atoms. The standard InChI is InChI=1S/C23H26N2O3S/c1-23(2,3)22-24-14-19(29-22)21(26)25-20(15-6-10-17(27-4)11-7-15)16-8-12-18(28-5)13-9-16/h6-14,20H,1-5H3,(H,25,26). The van der Waals surface area contributed by atoms with E-state index >= 15 is 0 Å². The first kappa shape index (κ1) is 20.9. The number of methoxy groups -OCH3 is 2. The molecule has 1 heterocycles. The highest BCUT2D eigenvalue weighted by molar-refractivity contribution is 7.13. The molecule has 0 saturated heterocycles. The van der Waals surface area contributed by atoms with Crippen molar-refractivity contribution < 1.29 is 14.3 Å². The van der Waals surface area contributed by atoms with Gasteiger partial charge in [-0.05, 0) is 35.4 Å². The maximum absolute atomic E-state index is 13.0. The quantitative estimate of drug-likeness (QED) is 0.623. The first-order chi connectivity index (χ1) is 13.8. The Bertz CT molecular complexity index is 910. The third-order valence-electron chi connectivity index (χ3n) is 4.54. The molecule has 0 atom stereocenters. The Hall–Kier alpha value is -2.86. The van der Waals surface area contributed by atoms with Gasteiger partial charge in [-0.15, -0.1) is 11.3 Å². The lowest BCUT2D eigenvalue weighted by Crippen LogP contribution is -2.28. The van der Waals surface area contributed by atoms with Crippen LogP contribution in [0.25, 0.3) is 0 Å². The summed E-state index contributed by atoms with van der Waals surface area (Å²) in [6, 6.07) is 15.1. The van der Waals surface area contributed by atoms with Crippen LogP contribution in [0.1, 0.15) is 52.6 Å². The summed E-state index contributed by atoms with van der Waals surface area (Å²) in [4.78, 5) is 18.0. The van der Waals surface area contributed by atoms with E-state index in [9.17, 15) is 4.79 Å². The molecule has 152 valence electrons. The summed E-state index contributed by atoms with van der Waals surface area (Å²) in [7, 11) is 3.27. The van der Waals surface area contributed by atoms with Crippen LogP contribution >= 0.6 is 11.3 Å². The maximum Gasteiger partial charge on any atom is 0.263 e. The SMILES string of the molecule is COc1ccc(C(NC(=O)c2cnc(C(C)(C)C)s2)c2ccc(OC)cc2)cc1. The van der Waals surface area contributed by atoms with Crippen LogP contribution in [-0.2, 0) is 5.41 Å². The second kappa shape index (κ2) is 8.66. The molecule has 0 aliphatic heterocycles. The summed E-state index contributed by atoms with van der Waals surface area (Å²) >= 11 is 1.43. The Morgan fingerprint density at radius 3 is 1.79 bits per heavy atom. The Labute approximate surface area is 175 Å². The van der Waals surface area contributed by atoms with Crippen LogP contribution in [0.4, 0.5) is 0 Å². The van der Waals surface area contributed by atoms with Crippen molar-refractivity contribution in [3.63, 3.8) is 0 Å². The largest absolute Gasteiger partial charge is 0.497 e. The molecule has 0 radical (unpaired) electrons. The Balaban J connectivity index is 1.91. The molecule has 1 aromatic heterocycles. The van der Waals surface area contributed by atoms with Crippen LogP contribution in [-0.4, -0.2) is 25.1 Å². The third kappa shape index (κ3) is 4.95. The van der Waals surface area contributed by atoms with Gasteiger partial charge in [0.1, 0.15) is 16.4 Å². The van der Waals surface area contributed by atoms with Crippen LogP contribution < -0.4 is 14.8 Å². The molecule has 0 unspecified atom stereocenters. The molecule has 5 nitrogen and oxygen atoms in total. The third-order valence-corrected chi connectivity index (χ3v) is 5.97. The molecule has 1 N–H and O–H groups in total. The predicted octanol–water partition coefficient (Wildman–Crippen LogP) is 4.98. The Morgan fingerprint density at radius 1 is 0.931 bits per heavy atom. The van der Waals surface area contributed by atoms with E-state index < -0.39 is 0 Å². The van der Waals surface area contributed by atoms with Gasteiger partial charge in [-0.3, -0.25) is 4.79 Å². The number of thiazole rings is 1. The first-order valence-electron chi connectivity index (χ1n) is 9.37. The van der Waals surface area contributed by atoms with E-state index in [1.807, 2.05) is 48.5 Å². The summed E-state index contributed by atoms with van der Waals surface area (Å²) in [5.41, 5.74) is 1.84. The monoisotopic (exact) mass is 410 g/mol. The minimum Gasteiger partial charge on any atom is -0.497 e.